The van der Waals surface area contributed by atoms with Gasteiger partial charge in [-0.2, -0.15) is 4.31 Å². The average Bonchev–Trinajstić information content (AvgIpc) is 3.68. The van der Waals surface area contributed by atoms with Gasteiger partial charge < -0.3 is 10.6 Å². The van der Waals surface area contributed by atoms with Crippen molar-refractivity contribution >= 4 is 21.8 Å². The van der Waals surface area contributed by atoms with Crippen molar-refractivity contribution in [1.82, 2.24) is 14.9 Å². The topological polar surface area (TPSA) is 95.6 Å². The zero-order chi connectivity index (χ0) is 24.1. The minimum absolute atomic E-state index is 0.0189. The maximum atomic E-state index is 13.1. The summed E-state index contributed by atoms with van der Waals surface area (Å²) >= 11 is 0. The number of sulfonamides is 1. The fourth-order valence-corrected chi connectivity index (χ4v) is 5.83. The number of nitrogens with one attached hydrogen (secondary N) is 2. The Morgan fingerprint density at radius 1 is 0.941 bits per heavy atom. The van der Waals surface area contributed by atoms with Crippen LogP contribution >= 0.6 is 0 Å². The van der Waals surface area contributed by atoms with Crippen molar-refractivity contribution in [2.24, 2.45) is 0 Å². The van der Waals surface area contributed by atoms with Gasteiger partial charge in [0.05, 0.1) is 4.90 Å². The summed E-state index contributed by atoms with van der Waals surface area (Å²) < 4.78 is 27.6. The Morgan fingerprint density at radius 3 is 2.21 bits per heavy atom. The molecule has 2 N–H and O–H groups in total. The molecule has 0 bridgehead atoms. The molecule has 2 aromatic rings. The number of hydrogen-bond acceptors (Lipinski definition) is 4. The van der Waals surface area contributed by atoms with E-state index in [1.807, 2.05) is 30.3 Å². The van der Waals surface area contributed by atoms with E-state index in [1.165, 1.54) is 28.6 Å². The monoisotopic (exact) mass is 483 g/mol. The molecule has 182 valence electrons. The van der Waals surface area contributed by atoms with E-state index in [9.17, 15) is 18.0 Å². The molecule has 1 unspecified atom stereocenters. The second-order valence-corrected chi connectivity index (χ2v) is 11.3. The summed E-state index contributed by atoms with van der Waals surface area (Å²) in [6.45, 7) is 0. The molecule has 0 spiro atoms. The van der Waals surface area contributed by atoms with Crippen LogP contribution in [0.2, 0.25) is 0 Å². The van der Waals surface area contributed by atoms with Crippen LogP contribution in [0, 0.1) is 0 Å². The van der Waals surface area contributed by atoms with Gasteiger partial charge in [0.15, 0.2) is 0 Å². The van der Waals surface area contributed by atoms with Crippen molar-refractivity contribution in [3.05, 3.63) is 65.7 Å². The highest BCUT2D eigenvalue weighted by Gasteiger charge is 2.30. The summed E-state index contributed by atoms with van der Waals surface area (Å²) in [7, 11) is -1.99. The van der Waals surface area contributed by atoms with Gasteiger partial charge in [0.25, 0.3) is 5.91 Å². The van der Waals surface area contributed by atoms with Crippen molar-refractivity contribution < 1.29 is 18.0 Å². The maximum absolute atomic E-state index is 13.1. The van der Waals surface area contributed by atoms with Crippen LogP contribution in [0.5, 0.6) is 0 Å². The van der Waals surface area contributed by atoms with E-state index in [1.54, 1.807) is 7.05 Å². The van der Waals surface area contributed by atoms with E-state index >= 15 is 0 Å². The van der Waals surface area contributed by atoms with Crippen LogP contribution in [0.3, 0.4) is 0 Å². The van der Waals surface area contributed by atoms with E-state index in [-0.39, 0.29) is 22.9 Å². The molecular formula is C26H33N3O4S. The van der Waals surface area contributed by atoms with E-state index in [0.29, 0.717) is 12.0 Å². The lowest BCUT2D eigenvalue weighted by Crippen LogP contribution is -2.48. The van der Waals surface area contributed by atoms with Gasteiger partial charge in [-0.15, -0.1) is 0 Å². The highest BCUT2D eigenvalue weighted by molar-refractivity contribution is 7.89. The molecule has 2 amide bonds. The summed E-state index contributed by atoms with van der Waals surface area (Å²) in [5.74, 6) is -0.607. The predicted octanol–water partition coefficient (Wildman–Crippen LogP) is 3.26. The summed E-state index contributed by atoms with van der Waals surface area (Å²) in [6, 6.07) is 15.0. The number of hydrogen-bond donors (Lipinski definition) is 2. The van der Waals surface area contributed by atoms with Gasteiger partial charge in [-0.25, -0.2) is 8.42 Å². The highest BCUT2D eigenvalue weighted by atomic mass is 32.2. The zero-order valence-electron chi connectivity index (χ0n) is 19.6. The predicted molar refractivity (Wildman–Crippen MR) is 131 cm³/mol. The largest absolute Gasteiger partial charge is 0.352 e. The molecule has 2 aliphatic rings. The number of benzene rings is 2. The molecule has 2 aromatic carbocycles. The van der Waals surface area contributed by atoms with Gasteiger partial charge in [0.1, 0.15) is 6.04 Å². The standard InChI is InChI=1S/C26H33N3O4S/c1-29(22-10-6-3-7-11-22)34(32,33)23-16-12-20(13-17-23)25(30)28-24(26(31)27-21-14-15-21)18-19-8-4-2-5-9-19/h2,4-5,8-9,12-13,16-17,21-22,24H,3,6-7,10-11,14-15,18H2,1H3,(H,27,31)(H,28,30). The van der Waals surface area contributed by atoms with Gasteiger partial charge in [0.2, 0.25) is 15.9 Å². The normalized spacial score (nSPS) is 17.8. The van der Waals surface area contributed by atoms with Gasteiger partial charge in [-0.3, -0.25) is 9.59 Å². The van der Waals surface area contributed by atoms with Crippen LogP contribution in [-0.2, 0) is 21.2 Å². The smallest absolute Gasteiger partial charge is 0.251 e. The van der Waals surface area contributed by atoms with E-state index in [4.69, 9.17) is 0 Å². The second kappa shape index (κ2) is 10.7. The van der Waals surface area contributed by atoms with Gasteiger partial charge >= 0.3 is 0 Å². The lowest BCUT2D eigenvalue weighted by molar-refractivity contribution is -0.123. The molecule has 2 fully saturated rings. The third-order valence-electron chi connectivity index (χ3n) is 6.71. The summed E-state index contributed by atoms with van der Waals surface area (Å²) in [5.41, 5.74) is 1.27. The molecule has 2 aliphatic carbocycles. The van der Waals surface area contributed by atoms with Crippen LogP contribution < -0.4 is 10.6 Å². The highest BCUT2D eigenvalue weighted by Crippen LogP contribution is 2.26. The second-order valence-electron chi connectivity index (χ2n) is 9.34. The van der Waals surface area contributed by atoms with Gasteiger partial charge in [0, 0.05) is 31.1 Å². The summed E-state index contributed by atoms with van der Waals surface area (Å²) in [6.07, 6.45) is 7.29. The Bertz CT molecular complexity index is 1090. The van der Waals surface area contributed by atoms with E-state index in [2.05, 4.69) is 10.6 Å². The van der Waals surface area contributed by atoms with Crippen LogP contribution in [0.15, 0.2) is 59.5 Å². The number of nitrogens with zero attached hydrogens (tertiary/aromatic N) is 1. The van der Waals surface area contributed by atoms with Crippen molar-refractivity contribution in [3.8, 4) is 0 Å². The van der Waals surface area contributed by atoms with Gasteiger partial charge in [-0.05, 0) is 55.5 Å². The van der Waals surface area contributed by atoms with Crippen LogP contribution in [-0.4, -0.2) is 49.7 Å². The minimum atomic E-state index is -3.63. The van der Waals surface area contributed by atoms with Crippen molar-refractivity contribution in [1.29, 1.82) is 0 Å². The fraction of sp³-hybridized carbons (Fsp3) is 0.462. The Labute approximate surface area is 202 Å². The fourth-order valence-electron chi connectivity index (χ4n) is 4.42. The molecule has 34 heavy (non-hydrogen) atoms. The third kappa shape index (κ3) is 6.04. The van der Waals surface area contributed by atoms with Gasteiger partial charge in [-0.1, -0.05) is 49.6 Å². The molecule has 0 saturated heterocycles. The first kappa shape index (κ1) is 24.4. The number of rotatable bonds is 9. The Hall–Kier alpha value is -2.71. The molecule has 0 aliphatic heterocycles. The summed E-state index contributed by atoms with van der Waals surface area (Å²) in [4.78, 5) is 25.9. The first-order valence-electron chi connectivity index (χ1n) is 12.1. The molecule has 0 aromatic heterocycles. The molecule has 7 nitrogen and oxygen atoms in total. The van der Waals surface area contributed by atoms with Crippen molar-refractivity contribution in [2.45, 2.75) is 74.4 Å². The first-order chi connectivity index (χ1) is 16.3. The Kier molecular flexibility index (Phi) is 7.68. The lowest BCUT2D eigenvalue weighted by Gasteiger charge is -2.30. The van der Waals surface area contributed by atoms with Crippen molar-refractivity contribution in [2.75, 3.05) is 7.05 Å². The van der Waals surface area contributed by atoms with E-state index < -0.39 is 22.0 Å². The Balaban J connectivity index is 1.45. The quantitative estimate of drug-likeness (QED) is 0.572. The number of carbonyl (C=O) groups excluding carboxylic acids is 2. The molecule has 2 saturated carbocycles. The summed E-state index contributed by atoms with van der Waals surface area (Å²) in [5, 5.41) is 5.80. The lowest BCUT2D eigenvalue weighted by atomic mass is 9.96. The SMILES string of the molecule is CN(C1CCCCC1)S(=O)(=O)c1ccc(C(=O)NC(Cc2ccccc2)C(=O)NC2CC2)cc1. The molecule has 0 heterocycles. The first-order valence-corrected chi connectivity index (χ1v) is 13.5. The number of amides is 2. The zero-order valence-corrected chi connectivity index (χ0v) is 20.4. The molecular weight excluding hydrogens is 450 g/mol. The minimum Gasteiger partial charge on any atom is -0.352 e. The molecule has 1 atom stereocenters. The number of carbonyl (C=O) groups is 2. The average molecular weight is 484 g/mol. The van der Waals surface area contributed by atoms with Crippen LogP contribution in [0.1, 0.15) is 60.9 Å². The van der Waals surface area contributed by atoms with E-state index in [0.717, 1.165) is 50.5 Å². The maximum Gasteiger partial charge on any atom is 0.251 e. The molecule has 4 rings (SSSR count). The Morgan fingerprint density at radius 2 is 1.59 bits per heavy atom. The van der Waals surface area contributed by atoms with Crippen molar-refractivity contribution in [3.63, 3.8) is 0 Å². The third-order valence-corrected chi connectivity index (χ3v) is 8.63. The van der Waals surface area contributed by atoms with Crippen LogP contribution in [0.4, 0.5) is 0 Å². The molecule has 8 heteroatoms. The molecule has 0 radical (unpaired) electrons. The van der Waals surface area contributed by atoms with Crippen LogP contribution in [0.25, 0.3) is 0 Å².